The lowest BCUT2D eigenvalue weighted by Gasteiger charge is -2.30. The van der Waals surface area contributed by atoms with Gasteiger partial charge in [-0.2, -0.15) is 0 Å². The maximum Gasteiger partial charge on any atom is 0.356 e. The van der Waals surface area contributed by atoms with Crippen LogP contribution in [-0.2, 0) is 19.1 Å². The smallest absolute Gasteiger partial charge is 0.356 e. The molecule has 1 aliphatic rings. The minimum Gasteiger partial charge on any atom is -0.466 e. The zero-order chi connectivity index (χ0) is 21.0. The number of hydrogen-bond donors (Lipinski definition) is 2. The van der Waals surface area contributed by atoms with Gasteiger partial charge in [-0.3, -0.25) is 14.5 Å². The number of ether oxygens (including phenoxy) is 2. The zero-order valence-electron chi connectivity index (χ0n) is 16.4. The van der Waals surface area contributed by atoms with Gasteiger partial charge in [0, 0.05) is 22.5 Å². The minimum atomic E-state index is -0.590. The molecular weight excluding hydrogens is 398 g/mol. The molecule has 2 heterocycles. The minimum absolute atomic E-state index is 0.101. The molecule has 1 saturated heterocycles. The first-order valence-corrected chi connectivity index (χ1v) is 9.89. The number of carbonyl (C=O) groups is 3. The molecule has 0 radical (unpaired) electrons. The third-order valence-corrected chi connectivity index (χ3v) is 5.14. The summed E-state index contributed by atoms with van der Waals surface area (Å²) in [4.78, 5) is 41.7. The van der Waals surface area contributed by atoms with Crippen LogP contribution in [0.1, 0.15) is 30.3 Å². The fraction of sp³-hybridized carbons (Fsp3) is 0.450. The average molecular weight is 422 g/mol. The number of piperidine rings is 1. The molecule has 1 amide bonds. The van der Waals surface area contributed by atoms with Gasteiger partial charge in [0.2, 0.25) is 5.91 Å². The van der Waals surface area contributed by atoms with Crippen LogP contribution in [0.5, 0.6) is 0 Å². The van der Waals surface area contributed by atoms with Gasteiger partial charge in [-0.05, 0) is 44.5 Å². The topological polar surface area (TPSA) is 101 Å². The molecular formula is C20H24ClN3O5. The fourth-order valence-electron chi connectivity index (χ4n) is 3.58. The quantitative estimate of drug-likeness (QED) is 0.695. The van der Waals surface area contributed by atoms with Crippen LogP contribution in [0.15, 0.2) is 18.2 Å². The number of carbonyl (C=O) groups excluding carboxylic acids is 3. The number of likely N-dealkylation sites (tertiary alicyclic amines) is 1. The summed E-state index contributed by atoms with van der Waals surface area (Å²) < 4.78 is 9.91. The van der Waals surface area contributed by atoms with Crippen LogP contribution >= 0.6 is 11.6 Å². The number of aromatic amines is 1. The van der Waals surface area contributed by atoms with Gasteiger partial charge in [0.15, 0.2) is 0 Å². The van der Waals surface area contributed by atoms with Crippen LogP contribution in [0.4, 0.5) is 5.69 Å². The summed E-state index contributed by atoms with van der Waals surface area (Å²) in [7, 11) is 1.27. The SMILES string of the molecule is CCOC(=O)[C@H]1CCCN(CC(=O)Nc2c(C(=O)OC)[nH]c3ccc(Cl)cc23)C1. The number of halogens is 1. The molecule has 3 rings (SSSR count). The predicted molar refractivity (Wildman–Crippen MR) is 109 cm³/mol. The lowest BCUT2D eigenvalue weighted by atomic mass is 9.98. The molecule has 0 aliphatic carbocycles. The van der Waals surface area contributed by atoms with Crippen molar-refractivity contribution >= 4 is 46.0 Å². The largest absolute Gasteiger partial charge is 0.466 e. The summed E-state index contributed by atoms with van der Waals surface area (Å²) in [5, 5.41) is 3.91. The van der Waals surface area contributed by atoms with E-state index in [-0.39, 0.29) is 30.0 Å². The van der Waals surface area contributed by atoms with Gasteiger partial charge in [-0.1, -0.05) is 11.6 Å². The first-order valence-electron chi connectivity index (χ1n) is 9.51. The van der Waals surface area contributed by atoms with Crippen molar-refractivity contribution in [1.29, 1.82) is 0 Å². The maximum absolute atomic E-state index is 12.7. The molecule has 0 unspecified atom stereocenters. The van der Waals surface area contributed by atoms with Gasteiger partial charge < -0.3 is 19.8 Å². The van der Waals surface area contributed by atoms with E-state index in [4.69, 9.17) is 21.1 Å². The molecule has 29 heavy (non-hydrogen) atoms. The van der Waals surface area contributed by atoms with Crippen LogP contribution in [0.25, 0.3) is 10.9 Å². The molecule has 8 nitrogen and oxygen atoms in total. The van der Waals surface area contributed by atoms with Gasteiger partial charge in [0.1, 0.15) is 5.69 Å². The van der Waals surface area contributed by atoms with E-state index in [2.05, 4.69) is 10.3 Å². The lowest BCUT2D eigenvalue weighted by Crippen LogP contribution is -2.43. The molecule has 1 aromatic carbocycles. The van der Waals surface area contributed by atoms with Crippen molar-refractivity contribution < 1.29 is 23.9 Å². The van der Waals surface area contributed by atoms with E-state index in [1.807, 2.05) is 4.90 Å². The highest BCUT2D eigenvalue weighted by Gasteiger charge is 2.28. The Bertz CT molecular complexity index is 926. The van der Waals surface area contributed by atoms with Crippen LogP contribution < -0.4 is 5.32 Å². The third-order valence-electron chi connectivity index (χ3n) is 4.91. The van der Waals surface area contributed by atoms with Crippen LogP contribution in [0.3, 0.4) is 0 Å². The van der Waals surface area contributed by atoms with Crippen LogP contribution in [0, 0.1) is 5.92 Å². The Kier molecular flexibility index (Phi) is 6.76. The second-order valence-corrected chi connectivity index (χ2v) is 7.37. The summed E-state index contributed by atoms with van der Waals surface area (Å²) in [6, 6.07) is 5.10. The van der Waals surface area contributed by atoms with E-state index < -0.39 is 5.97 Å². The van der Waals surface area contributed by atoms with E-state index in [0.717, 1.165) is 12.8 Å². The van der Waals surface area contributed by atoms with Crippen molar-refractivity contribution in [3.63, 3.8) is 0 Å². The average Bonchev–Trinajstić information content (AvgIpc) is 3.05. The van der Waals surface area contributed by atoms with Crippen molar-refractivity contribution in [2.75, 3.05) is 38.7 Å². The molecule has 0 saturated carbocycles. The van der Waals surface area contributed by atoms with Crippen LogP contribution in [-0.4, -0.2) is 61.1 Å². The number of hydrogen-bond acceptors (Lipinski definition) is 6. The Morgan fingerprint density at radius 2 is 2.14 bits per heavy atom. The molecule has 0 spiro atoms. The highest BCUT2D eigenvalue weighted by molar-refractivity contribution is 6.31. The number of anilines is 1. The lowest BCUT2D eigenvalue weighted by molar-refractivity contribution is -0.150. The Labute approximate surface area is 173 Å². The number of aromatic nitrogens is 1. The van der Waals surface area contributed by atoms with Gasteiger partial charge >= 0.3 is 11.9 Å². The molecule has 1 fully saturated rings. The van der Waals surface area contributed by atoms with Crippen molar-refractivity contribution in [3.8, 4) is 0 Å². The second kappa shape index (κ2) is 9.28. The Morgan fingerprint density at radius 1 is 1.34 bits per heavy atom. The van der Waals surface area contributed by atoms with Crippen molar-refractivity contribution in [1.82, 2.24) is 9.88 Å². The number of nitrogens with one attached hydrogen (secondary N) is 2. The second-order valence-electron chi connectivity index (χ2n) is 6.93. The van der Waals surface area contributed by atoms with Crippen molar-refractivity contribution in [2.45, 2.75) is 19.8 Å². The van der Waals surface area contributed by atoms with E-state index in [1.54, 1.807) is 25.1 Å². The predicted octanol–water partition coefficient (Wildman–Crippen LogP) is 2.82. The van der Waals surface area contributed by atoms with E-state index in [0.29, 0.717) is 41.3 Å². The van der Waals surface area contributed by atoms with Crippen LogP contribution in [0.2, 0.25) is 5.02 Å². The Balaban J connectivity index is 1.75. The standard InChI is InChI=1S/C20H24ClN3O5/c1-3-29-19(26)12-5-4-8-24(10-12)11-16(25)23-17-14-9-13(21)6-7-15(14)22-18(17)20(27)28-2/h6-7,9,12,22H,3-5,8,10-11H2,1-2H3,(H,23,25)/t12-/m0/s1. The highest BCUT2D eigenvalue weighted by Crippen LogP contribution is 2.30. The van der Waals surface area contributed by atoms with E-state index >= 15 is 0 Å². The monoisotopic (exact) mass is 421 g/mol. The van der Waals surface area contributed by atoms with E-state index in [9.17, 15) is 14.4 Å². The molecule has 2 aromatic rings. The first-order chi connectivity index (χ1) is 13.9. The highest BCUT2D eigenvalue weighted by atomic mass is 35.5. The van der Waals surface area contributed by atoms with Crippen molar-refractivity contribution in [2.24, 2.45) is 5.92 Å². The molecule has 1 atom stereocenters. The van der Waals surface area contributed by atoms with Gasteiger partial charge in [0.05, 0.1) is 31.9 Å². The summed E-state index contributed by atoms with van der Waals surface area (Å²) >= 11 is 6.08. The summed E-state index contributed by atoms with van der Waals surface area (Å²) in [6.07, 6.45) is 1.57. The number of rotatable bonds is 6. The number of H-pyrrole nitrogens is 1. The summed E-state index contributed by atoms with van der Waals surface area (Å²) in [5.74, 6) is -1.33. The molecule has 1 aliphatic heterocycles. The van der Waals surface area contributed by atoms with Gasteiger partial charge in [0.25, 0.3) is 0 Å². The number of methoxy groups -OCH3 is 1. The Hall–Kier alpha value is -2.58. The maximum atomic E-state index is 12.7. The summed E-state index contributed by atoms with van der Waals surface area (Å²) in [5.41, 5.74) is 1.14. The number of fused-ring (bicyclic) bond motifs is 1. The Morgan fingerprint density at radius 3 is 2.86 bits per heavy atom. The molecule has 9 heteroatoms. The van der Waals surface area contributed by atoms with Crippen molar-refractivity contribution in [3.05, 3.63) is 28.9 Å². The number of benzene rings is 1. The molecule has 0 bridgehead atoms. The fourth-order valence-corrected chi connectivity index (χ4v) is 3.75. The van der Waals surface area contributed by atoms with E-state index in [1.165, 1.54) is 7.11 Å². The molecule has 156 valence electrons. The van der Waals surface area contributed by atoms with Gasteiger partial charge in [-0.15, -0.1) is 0 Å². The number of amides is 1. The zero-order valence-corrected chi connectivity index (χ0v) is 17.2. The molecule has 2 N–H and O–H groups in total. The number of esters is 2. The third kappa shape index (κ3) is 4.89. The normalized spacial score (nSPS) is 17.1. The summed E-state index contributed by atoms with van der Waals surface area (Å²) in [6.45, 7) is 3.40. The number of nitrogens with zero attached hydrogens (tertiary/aromatic N) is 1. The van der Waals surface area contributed by atoms with Gasteiger partial charge in [-0.25, -0.2) is 4.79 Å². The molecule has 1 aromatic heterocycles. The first kappa shape index (κ1) is 21.1.